The molecule has 1 heterocycles. The first-order chi connectivity index (χ1) is 9.15. The summed E-state index contributed by atoms with van der Waals surface area (Å²) in [7, 11) is 0. The molecule has 2 aromatic rings. The first kappa shape index (κ1) is 12.4. The normalized spacial score (nSPS) is 14.4. The van der Waals surface area contributed by atoms with Gasteiger partial charge < -0.3 is 9.88 Å². The molecule has 1 aliphatic carbocycles. The van der Waals surface area contributed by atoms with Gasteiger partial charge in [-0.25, -0.2) is 4.39 Å². The maximum Gasteiger partial charge on any atom is 0.272 e. The fourth-order valence-corrected chi connectivity index (χ4v) is 2.27. The second kappa shape index (κ2) is 4.81. The van der Waals surface area contributed by atoms with E-state index >= 15 is 0 Å². The summed E-state index contributed by atoms with van der Waals surface area (Å²) in [6.45, 7) is 0. The average molecular weight is 323 g/mol. The minimum Gasteiger partial charge on any atom is -0.340 e. The molecule has 0 atom stereocenters. The zero-order chi connectivity index (χ0) is 13.4. The molecule has 5 heteroatoms. The van der Waals surface area contributed by atoms with Gasteiger partial charge in [-0.05, 0) is 59.1 Å². The predicted molar refractivity (Wildman–Crippen MR) is 74.8 cm³/mol. The number of hydrogen-bond acceptors (Lipinski definition) is 1. The van der Waals surface area contributed by atoms with Crippen molar-refractivity contribution in [1.82, 2.24) is 4.57 Å². The van der Waals surface area contributed by atoms with Gasteiger partial charge >= 0.3 is 0 Å². The number of hydrogen-bond donors (Lipinski definition) is 1. The molecule has 1 aliphatic rings. The van der Waals surface area contributed by atoms with Crippen molar-refractivity contribution >= 4 is 27.5 Å². The molecular formula is C14H12BrFN2O. The molecule has 1 amide bonds. The largest absolute Gasteiger partial charge is 0.340 e. The molecular weight excluding hydrogens is 311 g/mol. The van der Waals surface area contributed by atoms with Crippen molar-refractivity contribution in [2.75, 3.05) is 5.32 Å². The Morgan fingerprint density at radius 2 is 2.16 bits per heavy atom. The highest BCUT2D eigenvalue weighted by Gasteiger charge is 2.26. The summed E-state index contributed by atoms with van der Waals surface area (Å²) in [6.07, 6.45) is 4.14. The highest BCUT2D eigenvalue weighted by atomic mass is 79.9. The monoisotopic (exact) mass is 322 g/mol. The number of anilines is 1. The van der Waals surface area contributed by atoms with Gasteiger partial charge in [0.05, 0.1) is 4.47 Å². The first-order valence-electron chi connectivity index (χ1n) is 6.08. The standard InChI is InChI=1S/C14H12BrFN2O/c15-11-6-3-9(8-12(11)16)17-14(19)13-2-1-7-18(13)10-4-5-10/h1-3,6-8,10H,4-5H2,(H,17,19). The highest BCUT2D eigenvalue weighted by Crippen LogP contribution is 2.36. The third-order valence-corrected chi connectivity index (χ3v) is 3.77. The Kier molecular flexibility index (Phi) is 3.14. The van der Waals surface area contributed by atoms with Crippen molar-refractivity contribution in [2.24, 2.45) is 0 Å². The lowest BCUT2D eigenvalue weighted by Gasteiger charge is -2.09. The van der Waals surface area contributed by atoms with Crippen LogP contribution in [-0.2, 0) is 0 Å². The number of rotatable bonds is 3. The fraction of sp³-hybridized carbons (Fsp3) is 0.214. The summed E-state index contributed by atoms with van der Waals surface area (Å²) in [5, 5.41) is 2.71. The maximum absolute atomic E-state index is 13.4. The van der Waals surface area contributed by atoms with Gasteiger partial charge in [0.1, 0.15) is 11.5 Å². The van der Waals surface area contributed by atoms with E-state index in [1.165, 1.54) is 6.07 Å². The average Bonchev–Trinajstić information content (AvgIpc) is 3.11. The quantitative estimate of drug-likeness (QED) is 0.911. The van der Waals surface area contributed by atoms with E-state index in [4.69, 9.17) is 0 Å². The molecule has 1 saturated carbocycles. The van der Waals surface area contributed by atoms with Crippen LogP contribution in [0.15, 0.2) is 41.0 Å². The van der Waals surface area contributed by atoms with E-state index in [-0.39, 0.29) is 5.91 Å². The lowest BCUT2D eigenvalue weighted by molar-refractivity contribution is 0.101. The van der Waals surface area contributed by atoms with Crippen molar-refractivity contribution in [3.05, 3.63) is 52.5 Å². The molecule has 0 unspecified atom stereocenters. The van der Waals surface area contributed by atoms with Crippen LogP contribution < -0.4 is 5.32 Å². The molecule has 0 radical (unpaired) electrons. The van der Waals surface area contributed by atoms with Crippen LogP contribution in [0.25, 0.3) is 0 Å². The molecule has 3 nitrogen and oxygen atoms in total. The van der Waals surface area contributed by atoms with Crippen LogP contribution in [0, 0.1) is 5.82 Å². The molecule has 98 valence electrons. The van der Waals surface area contributed by atoms with Gasteiger partial charge in [0, 0.05) is 17.9 Å². The van der Waals surface area contributed by atoms with E-state index in [2.05, 4.69) is 21.2 Å². The lowest BCUT2D eigenvalue weighted by atomic mass is 10.3. The molecule has 0 spiro atoms. The maximum atomic E-state index is 13.4. The highest BCUT2D eigenvalue weighted by molar-refractivity contribution is 9.10. The van der Waals surface area contributed by atoms with Gasteiger partial charge in [-0.15, -0.1) is 0 Å². The molecule has 3 rings (SSSR count). The smallest absolute Gasteiger partial charge is 0.272 e. The number of nitrogens with one attached hydrogen (secondary N) is 1. The predicted octanol–water partition coefficient (Wildman–Crippen LogP) is 3.98. The third-order valence-electron chi connectivity index (χ3n) is 3.13. The van der Waals surface area contributed by atoms with E-state index < -0.39 is 5.82 Å². The van der Waals surface area contributed by atoms with Crippen LogP contribution >= 0.6 is 15.9 Å². The molecule has 0 aliphatic heterocycles. The summed E-state index contributed by atoms with van der Waals surface area (Å²) < 4.78 is 15.7. The Bertz CT molecular complexity index is 634. The van der Waals surface area contributed by atoms with Crippen molar-refractivity contribution < 1.29 is 9.18 Å². The first-order valence-corrected chi connectivity index (χ1v) is 6.87. The van der Waals surface area contributed by atoms with Gasteiger partial charge in [0.2, 0.25) is 0 Å². The summed E-state index contributed by atoms with van der Waals surface area (Å²) in [5.74, 6) is -0.603. The lowest BCUT2D eigenvalue weighted by Crippen LogP contribution is -2.16. The SMILES string of the molecule is O=C(Nc1ccc(Br)c(F)c1)c1cccn1C1CC1. The van der Waals surface area contributed by atoms with E-state index in [1.807, 2.05) is 16.8 Å². The van der Waals surface area contributed by atoms with Crippen LogP contribution in [0.4, 0.5) is 10.1 Å². The minimum absolute atomic E-state index is 0.210. The van der Waals surface area contributed by atoms with Gasteiger partial charge in [-0.3, -0.25) is 4.79 Å². The number of halogens is 2. The van der Waals surface area contributed by atoms with Crippen LogP contribution in [-0.4, -0.2) is 10.5 Å². The van der Waals surface area contributed by atoms with Crippen LogP contribution in [0.3, 0.4) is 0 Å². The second-order valence-electron chi connectivity index (χ2n) is 4.61. The zero-order valence-electron chi connectivity index (χ0n) is 10.1. The Morgan fingerprint density at radius 3 is 2.84 bits per heavy atom. The molecule has 0 saturated heterocycles. The number of amides is 1. The molecule has 1 N–H and O–H groups in total. The Balaban J connectivity index is 1.80. The molecule has 0 bridgehead atoms. The van der Waals surface area contributed by atoms with Crippen molar-refractivity contribution in [3.63, 3.8) is 0 Å². The number of aromatic nitrogens is 1. The van der Waals surface area contributed by atoms with Gasteiger partial charge in [0.15, 0.2) is 0 Å². The Morgan fingerprint density at radius 1 is 1.37 bits per heavy atom. The van der Waals surface area contributed by atoms with Gasteiger partial charge in [-0.2, -0.15) is 0 Å². The van der Waals surface area contributed by atoms with E-state index in [9.17, 15) is 9.18 Å². The summed E-state index contributed by atoms with van der Waals surface area (Å²) in [6, 6.07) is 8.61. The van der Waals surface area contributed by atoms with Gasteiger partial charge in [0.25, 0.3) is 5.91 Å². The van der Waals surface area contributed by atoms with Crippen LogP contribution in [0.2, 0.25) is 0 Å². The third kappa shape index (κ3) is 2.56. The van der Waals surface area contributed by atoms with Crippen LogP contribution in [0.1, 0.15) is 29.4 Å². The number of nitrogens with zero attached hydrogens (tertiary/aromatic N) is 1. The fourth-order valence-electron chi connectivity index (χ4n) is 2.03. The van der Waals surface area contributed by atoms with Crippen molar-refractivity contribution in [2.45, 2.75) is 18.9 Å². The summed E-state index contributed by atoms with van der Waals surface area (Å²) in [4.78, 5) is 12.2. The van der Waals surface area contributed by atoms with Crippen molar-refractivity contribution in [1.29, 1.82) is 0 Å². The number of benzene rings is 1. The Labute approximate surface area is 118 Å². The molecule has 1 fully saturated rings. The van der Waals surface area contributed by atoms with Crippen LogP contribution in [0.5, 0.6) is 0 Å². The van der Waals surface area contributed by atoms with E-state index in [1.54, 1.807) is 18.2 Å². The molecule has 1 aromatic heterocycles. The zero-order valence-corrected chi connectivity index (χ0v) is 11.7. The van der Waals surface area contributed by atoms with Gasteiger partial charge in [-0.1, -0.05) is 0 Å². The minimum atomic E-state index is -0.393. The molecule has 1 aromatic carbocycles. The summed E-state index contributed by atoms with van der Waals surface area (Å²) >= 11 is 3.08. The Hall–Kier alpha value is -1.62. The number of carbonyl (C=O) groups is 1. The molecule has 19 heavy (non-hydrogen) atoms. The van der Waals surface area contributed by atoms with E-state index in [0.717, 1.165) is 12.8 Å². The second-order valence-corrected chi connectivity index (χ2v) is 5.47. The topological polar surface area (TPSA) is 34.0 Å². The van der Waals surface area contributed by atoms with Crippen molar-refractivity contribution in [3.8, 4) is 0 Å². The van der Waals surface area contributed by atoms with E-state index in [0.29, 0.717) is 21.9 Å². The number of carbonyl (C=O) groups excluding carboxylic acids is 1. The summed E-state index contributed by atoms with van der Waals surface area (Å²) in [5.41, 5.74) is 1.07.